The summed E-state index contributed by atoms with van der Waals surface area (Å²) < 4.78 is 12.0. The summed E-state index contributed by atoms with van der Waals surface area (Å²) in [4.78, 5) is 30.0. The predicted octanol–water partition coefficient (Wildman–Crippen LogP) is 4.11. The van der Waals surface area contributed by atoms with Gasteiger partial charge in [-0.15, -0.1) is 0 Å². The second kappa shape index (κ2) is 8.49. The quantitative estimate of drug-likeness (QED) is 0.616. The molecule has 2 heterocycles. The van der Waals surface area contributed by atoms with Crippen molar-refractivity contribution >= 4 is 50.1 Å². The molecule has 1 aliphatic heterocycles. The molecule has 1 atom stereocenters. The van der Waals surface area contributed by atoms with Crippen molar-refractivity contribution in [3.63, 3.8) is 0 Å². The van der Waals surface area contributed by atoms with E-state index in [4.69, 9.17) is 21.1 Å². The lowest BCUT2D eigenvalue weighted by atomic mass is 10.0. The lowest BCUT2D eigenvalue weighted by molar-refractivity contribution is -0.118. The molecular weight excluding hydrogens is 426 g/mol. The van der Waals surface area contributed by atoms with E-state index < -0.39 is 11.9 Å². The van der Waals surface area contributed by atoms with Gasteiger partial charge in [-0.25, -0.2) is 4.98 Å². The van der Waals surface area contributed by atoms with E-state index in [1.54, 1.807) is 30.3 Å². The van der Waals surface area contributed by atoms with Gasteiger partial charge in [0.1, 0.15) is 19.3 Å². The highest BCUT2D eigenvalue weighted by atomic mass is 35.5. The average molecular weight is 446 g/mol. The van der Waals surface area contributed by atoms with Crippen LogP contribution in [0.25, 0.3) is 10.2 Å². The van der Waals surface area contributed by atoms with Gasteiger partial charge in [0.2, 0.25) is 5.91 Å². The summed E-state index contributed by atoms with van der Waals surface area (Å²) in [6, 6.07) is 9.62. The Morgan fingerprint density at radius 1 is 1.13 bits per heavy atom. The number of anilines is 1. The molecule has 0 fully saturated rings. The number of rotatable bonds is 5. The molecular formula is C21H20ClN3O4S. The van der Waals surface area contributed by atoms with Crippen LogP contribution in [-0.4, -0.2) is 36.1 Å². The Labute approximate surface area is 182 Å². The van der Waals surface area contributed by atoms with Gasteiger partial charge in [0.05, 0.1) is 20.8 Å². The predicted molar refractivity (Wildman–Crippen MR) is 117 cm³/mol. The molecule has 0 saturated carbocycles. The maximum absolute atomic E-state index is 12.9. The van der Waals surface area contributed by atoms with E-state index in [0.717, 1.165) is 4.70 Å². The normalized spacial score (nSPS) is 13.9. The van der Waals surface area contributed by atoms with E-state index >= 15 is 0 Å². The van der Waals surface area contributed by atoms with Gasteiger partial charge in [-0.05, 0) is 18.1 Å². The lowest BCUT2D eigenvalue weighted by Gasteiger charge is -2.21. The van der Waals surface area contributed by atoms with Gasteiger partial charge >= 0.3 is 0 Å². The molecule has 4 rings (SSSR count). The molecule has 2 N–H and O–H groups in total. The standard InChI is InChI=1S/C21H20ClN3O4S/c1-11(2)18(24-19(26)12-5-3-4-6-13(12)22)20(27)25-21-23-14-9-15-16(10-17(14)30-21)29-8-7-28-15/h3-6,9-11,18H,7-8H2,1-2H3,(H,24,26)(H,23,25,27)/t18-/m1/s1. The molecule has 7 nitrogen and oxygen atoms in total. The van der Waals surface area contributed by atoms with Crippen LogP contribution in [0.1, 0.15) is 24.2 Å². The fraction of sp³-hybridized carbons (Fsp3) is 0.286. The van der Waals surface area contributed by atoms with Crippen LogP contribution in [0.4, 0.5) is 5.13 Å². The number of nitrogens with one attached hydrogen (secondary N) is 2. The molecule has 0 saturated heterocycles. The van der Waals surface area contributed by atoms with Gasteiger partial charge in [-0.1, -0.05) is 48.9 Å². The van der Waals surface area contributed by atoms with E-state index in [0.29, 0.717) is 45.9 Å². The number of benzene rings is 2. The molecule has 156 valence electrons. The van der Waals surface area contributed by atoms with Crippen LogP contribution >= 0.6 is 22.9 Å². The van der Waals surface area contributed by atoms with Crippen LogP contribution in [0.5, 0.6) is 11.5 Å². The first-order valence-corrected chi connectivity index (χ1v) is 10.7. The first-order chi connectivity index (χ1) is 14.4. The molecule has 0 aliphatic carbocycles. The Hall–Kier alpha value is -2.84. The summed E-state index contributed by atoms with van der Waals surface area (Å²) in [5.41, 5.74) is 1.03. The van der Waals surface area contributed by atoms with Crippen molar-refractivity contribution in [1.29, 1.82) is 0 Å². The minimum Gasteiger partial charge on any atom is -0.486 e. The minimum atomic E-state index is -0.749. The topological polar surface area (TPSA) is 89.6 Å². The Kier molecular flexibility index (Phi) is 5.78. The maximum Gasteiger partial charge on any atom is 0.253 e. The summed E-state index contributed by atoms with van der Waals surface area (Å²) in [6.07, 6.45) is 0. The van der Waals surface area contributed by atoms with Gasteiger partial charge < -0.3 is 20.1 Å². The smallest absolute Gasteiger partial charge is 0.253 e. The largest absolute Gasteiger partial charge is 0.486 e. The van der Waals surface area contributed by atoms with E-state index in [1.807, 2.05) is 19.9 Å². The fourth-order valence-electron chi connectivity index (χ4n) is 3.10. The van der Waals surface area contributed by atoms with Crippen molar-refractivity contribution in [2.45, 2.75) is 19.9 Å². The molecule has 9 heteroatoms. The zero-order valence-corrected chi connectivity index (χ0v) is 18.0. The van der Waals surface area contributed by atoms with Crippen LogP contribution in [0, 0.1) is 5.92 Å². The number of hydrogen-bond acceptors (Lipinski definition) is 6. The number of thiazole rings is 1. The Balaban J connectivity index is 1.51. The van der Waals surface area contributed by atoms with Crippen molar-refractivity contribution in [2.75, 3.05) is 18.5 Å². The number of fused-ring (bicyclic) bond motifs is 2. The van der Waals surface area contributed by atoms with E-state index in [-0.39, 0.29) is 11.8 Å². The highest BCUT2D eigenvalue weighted by Gasteiger charge is 2.26. The SMILES string of the molecule is CC(C)[C@@H](NC(=O)c1ccccc1Cl)C(=O)Nc1nc2cc3c(cc2s1)OCCO3. The lowest BCUT2D eigenvalue weighted by Crippen LogP contribution is -2.47. The van der Waals surface area contributed by atoms with Crippen LogP contribution in [-0.2, 0) is 4.79 Å². The molecule has 1 aliphatic rings. The second-order valence-electron chi connectivity index (χ2n) is 7.15. The number of carbonyl (C=O) groups excluding carboxylic acids is 2. The van der Waals surface area contributed by atoms with Crippen molar-refractivity contribution in [1.82, 2.24) is 10.3 Å². The van der Waals surface area contributed by atoms with E-state index in [2.05, 4.69) is 15.6 Å². The molecule has 2 amide bonds. The second-order valence-corrected chi connectivity index (χ2v) is 8.58. The molecule has 0 radical (unpaired) electrons. The Morgan fingerprint density at radius 2 is 1.83 bits per heavy atom. The Morgan fingerprint density at radius 3 is 2.53 bits per heavy atom. The molecule has 1 aromatic heterocycles. The van der Waals surface area contributed by atoms with Crippen molar-refractivity contribution < 1.29 is 19.1 Å². The van der Waals surface area contributed by atoms with Crippen molar-refractivity contribution in [3.8, 4) is 11.5 Å². The van der Waals surface area contributed by atoms with Crippen molar-refractivity contribution in [3.05, 3.63) is 47.0 Å². The minimum absolute atomic E-state index is 0.139. The highest BCUT2D eigenvalue weighted by molar-refractivity contribution is 7.22. The van der Waals surface area contributed by atoms with E-state index in [9.17, 15) is 9.59 Å². The van der Waals surface area contributed by atoms with Crippen molar-refractivity contribution in [2.24, 2.45) is 5.92 Å². The van der Waals surface area contributed by atoms with Gasteiger partial charge in [-0.3, -0.25) is 9.59 Å². The van der Waals surface area contributed by atoms with Crippen LogP contribution in [0.3, 0.4) is 0 Å². The fourth-order valence-corrected chi connectivity index (χ4v) is 4.20. The average Bonchev–Trinajstić information content (AvgIpc) is 3.10. The number of carbonyl (C=O) groups is 2. The van der Waals surface area contributed by atoms with Gasteiger partial charge in [0.25, 0.3) is 5.91 Å². The molecule has 0 spiro atoms. The third-order valence-electron chi connectivity index (χ3n) is 4.64. The van der Waals surface area contributed by atoms with Crippen LogP contribution in [0.15, 0.2) is 36.4 Å². The van der Waals surface area contributed by atoms with Crippen LogP contribution in [0.2, 0.25) is 5.02 Å². The number of amides is 2. The Bertz CT molecular complexity index is 1070. The van der Waals surface area contributed by atoms with Gasteiger partial charge in [-0.2, -0.15) is 0 Å². The number of aromatic nitrogens is 1. The zero-order chi connectivity index (χ0) is 21.3. The molecule has 0 unspecified atom stereocenters. The first kappa shape index (κ1) is 20.4. The van der Waals surface area contributed by atoms with Gasteiger partial charge in [0.15, 0.2) is 16.6 Å². The number of nitrogens with zero attached hydrogens (tertiary/aromatic N) is 1. The summed E-state index contributed by atoms with van der Waals surface area (Å²) in [5, 5.41) is 6.36. The number of halogens is 1. The molecule has 3 aromatic rings. The zero-order valence-electron chi connectivity index (χ0n) is 16.4. The summed E-state index contributed by atoms with van der Waals surface area (Å²) >= 11 is 7.43. The first-order valence-electron chi connectivity index (χ1n) is 9.49. The molecule has 2 aromatic carbocycles. The summed E-state index contributed by atoms with van der Waals surface area (Å²) in [5.74, 6) is 0.425. The third kappa shape index (κ3) is 4.20. The van der Waals surface area contributed by atoms with Gasteiger partial charge in [0, 0.05) is 12.1 Å². The highest BCUT2D eigenvalue weighted by Crippen LogP contribution is 2.37. The summed E-state index contributed by atoms with van der Waals surface area (Å²) in [6.45, 7) is 4.71. The maximum atomic E-state index is 12.9. The van der Waals surface area contributed by atoms with E-state index in [1.165, 1.54) is 11.3 Å². The monoisotopic (exact) mass is 445 g/mol. The molecule has 30 heavy (non-hydrogen) atoms. The number of ether oxygens (including phenoxy) is 2. The van der Waals surface area contributed by atoms with Crippen LogP contribution < -0.4 is 20.1 Å². The third-order valence-corrected chi connectivity index (χ3v) is 5.90. The summed E-state index contributed by atoms with van der Waals surface area (Å²) in [7, 11) is 0. The number of hydrogen-bond donors (Lipinski definition) is 2. The molecule has 0 bridgehead atoms.